The van der Waals surface area contributed by atoms with Gasteiger partial charge in [-0.25, -0.2) is 0 Å². The monoisotopic (exact) mass is 340 g/mol. The first kappa shape index (κ1) is 16.4. The minimum Gasteiger partial charge on any atom is -0.508 e. The zero-order valence-corrected chi connectivity index (χ0v) is 14.4. The van der Waals surface area contributed by atoms with Crippen molar-refractivity contribution in [3.63, 3.8) is 0 Å². The average Bonchev–Trinajstić information content (AvgIpc) is 3.50. The van der Waals surface area contributed by atoms with E-state index in [4.69, 9.17) is 9.47 Å². The Morgan fingerprint density at radius 2 is 1.28 bits per heavy atom. The lowest BCUT2D eigenvalue weighted by molar-refractivity contribution is 0.233. The third-order valence-electron chi connectivity index (χ3n) is 5.64. The molecule has 0 aromatic heterocycles. The van der Waals surface area contributed by atoms with E-state index in [1.165, 1.54) is 0 Å². The van der Waals surface area contributed by atoms with Crippen LogP contribution in [0.1, 0.15) is 30.9 Å². The predicted octanol–water partition coefficient (Wildman–Crippen LogP) is 3.60. The number of epoxide rings is 2. The summed E-state index contributed by atoms with van der Waals surface area (Å²) in [7, 11) is 0. The maximum atomic E-state index is 10.6. The number of phenols is 2. The van der Waals surface area contributed by atoms with Gasteiger partial charge in [0.25, 0.3) is 0 Å². The van der Waals surface area contributed by atoms with Gasteiger partial charge in [0.15, 0.2) is 0 Å². The van der Waals surface area contributed by atoms with E-state index in [0.29, 0.717) is 0 Å². The second-order valence-electron chi connectivity index (χ2n) is 7.32. The quantitative estimate of drug-likeness (QED) is 0.756. The largest absolute Gasteiger partial charge is 0.508 e. The van der Waals surface area contributed by atoms with Crippen LogP contribution < -0.4 is 0 Å². The Morgan fingerprint density at radius 3 is 1.64 bits per heavy atom. The van der Waals surface area contributed by atoms with E-state index >= 15 is 0 Å². The summed E-state index contributed by atoms with van der Waals surface area (Å²) >= 11 is 0. The second-order valence-corrected chi connectivity index (χ2v) is 7.32. The van der Waals surface area contributed by atoms with Crippen LogP contribution in [0, 0.1) is 5.92 Å². The summed E-state index contributed by atoms with van der Waals surface area (Å²) in [6, 6.07) is 14.9. The molecule has 25 heavy (non-hydrogen) atoms. The van der Waals surface area contributed by atoms with Crippen molar-refractivity contribution >= 4 is 0 Å². The lowest BCUT2D eigenvalue weighted by Crippen LogP contribution is -2.35. The molecule has 4 nitrogen and oxygen atoms in total. The van der Waals surface area contributed by atoms with Gasteiger partial charge in [-0.15, -0.1) is 0 Å². The Morgan fingerprint density at radius 1 is 0.880 bits per heavy atom. The van der Waals surface area contributed by atoms with Crippen molar-refractivity contribution in [2.45, 2.75) is 37.4 Å². The van der Waals surface area contributed by atoms with Gasteiger partial charge in [-0.3, -0.25) is 0 Å². The van der Waals surface area contributed by atoms with Gasteiger partial charge < -0.3 is 19.7 Å². The van der Waals surface area contributed by atoms with Crippen molar-refractivity contribution in [2.24, 2.45) is 5.92 Å². The molecular weight excluding hydrogens is 316 g/mol. The van der Waals surface area contributed by atoms with Gasteiger partial charge >= 0.3 is 0 Å². The summed E-state index contributed by atoms with van der Waals surface area (Å²) in [5.41, 5.74) is 1.14. The van der Waals surface area contributed by atoms with Gasteiger partial charge in [0.1, 0.15) is 11.5 Å². The van der Waals surface area contributed by atoms with E-state index in [2.05, 4.69) is 6.92 Å². The molecule has 132 valence electrons. The fourth-order valence-electron chi connectivity index (χ4n) is 4.02. The minimum absolute atomic E-state index is 0.189. The molecule has 2 fully saturated rings. The standard InChI is InChI=1S/C21H24O4/c1-21(17-6-2-4-8-19(17)22,18-7-3-5-9-20(18)23)14(10-15-12-24-15)11-16-13-25-16/h2-9,14-16,22-23H,10-13H2,1H3. The molecule has 0 aliphatic carbocycles. The van der Waals surface area contributed by atoms with Crippen molar-refractivity contribution in [3.05, 3.63) is 59.7 Å². The second kappa shape index (κ2) is 6.36. The van der Waals surface area contributed by atoms with Gasteiger partial charge in [0, 0.05) is 16.5 Å². The minimum atomic E-state index is -0.533. The number of benzene rings is 2. The van der Waals surface area contributed by atoms with Crippen LogP contribution >= 0.6 is 0 Å². The predicted molar refractivity (Wildman–Crippen MR) is 94.9 cm³/mol. The highest BCUT2D eigenvalue weighted by atomic mass is 16.6. The summed E-state index contributed by atoms with van der Waals surface area (Å²) in [4.78, 5) is 0. The first-order chi connectivity index (χ1) is 12.1. The summed E-state index contributed by atoms with van der Waals surface area (Å²) in [6.07, 6.45) is 2.30. The van der Waals surface area contributed by atoms with Crippen LogP contribution in [0.25, 0.3) is 0 Å². The normalized spacial score (nSPS) is 23.2. The lowest BCUT2D eigenvalue weighted by atomic mass is 9.63. The number of rotatable bonds is 7. The molecule has 4 rings (SSSR count). The molecule has 0 saturated carbocycles. The third kappa shape index (κ3) is 3.24. The molecular formula is C21H24O4. The number of hydrogen-bond acceptors (Lipinski definition) is 4. The van der Waals surface area contributed by atoms with Gasteiger partial charge in [-0.1, -0.05) is 43.3 Å². The van der Waals surface area contributed by atoms with E-state index in [0.717, 1.165) is 37.2 Å². The van der Waals surface area contributed by atoms with Crippen LogP contribution in [-0.2, 0) is 14.9 Å². The van der Waals surface area contributed by atoms with E-state index in [-0.39, 0.29) is 29.6 Å². The van der Waals surface area contributed by atoms with Crippen molar-refractivity contribution < 1.29 is 19.7 Å². The first-order valence-corrected chi connectivity index (χ1v) is 8.89. The van der Waals surface area contributed by atoms with Crippen LogP contribution in [0.4, 0.5) is 0 Å². The topological polar surface area (TPSA) is 65.5 Å². The average molecular weight is 340 g/mol. The molecule has 2 heterocycles. The molecule has 2 aromatic carbocycles. The van der Waals surface area contributed by atoms with E-state index in [1.807, 2.05) is 36.4 Å². The zero-order chi connectivity index (χ0) is 17.4. The van der Waals surface area contributed by atoms with E-state index < -0.39 is 5.41 Å². The number of aromatic hydroxyl groups is 2. The molecule has 0 amide bonds. The molecule has 2 saturated heterocycles. The molecule has 2 aliphatic heterocycles. The zero-order valence-electron chi connectivity index (χ0n) is 14.4. The van der Waals surface area contributed by atoms with Crippen molar-refractivity contribution in [1.29, 1.82) is 0 Å². The Bertz CT molecular complexity index is 690. The van der Waals surface area contributed by atoms with Crippen molar-refractivity contribution in [2.75, 3.05) is 13.2 Å². The number of ether oxygens (including phenoxy) is 2. The molecule has 2 aliphatic rings. The molecule has 0 spiro atoms. The summed E-state index contributed by atoms with van der Waals surface area (Å²) in [5, 5.41) is 21.2. The maximum absolute atomic E-state index is 10.6. The Labute approximate surface area is 148 Å². The summed E-state index contributed by atoms with van der Waals surface area (Å²) in [5.74, 6) is 0.701. The first-order valence-electron chi connectivity index (χ1n) is 8.89. The van der Waals surface area contributed by atoms with Gasteiger partial charge in [-0.05, 0) is 30.9 Å². The lowest BCUT2D eigenvalue weighted by Gasteiger charge is -2.39. The number of phenolic OH excluding ortho intramolecular Hbond substituents is 2. The van der Waals surface area contributed by atoms with Gasteiger partial charge in [0.05, 0.1) is 25.4 Å². The van der Waals surface area contributed by atoms with Crippen LogP contribution in [-0.4, -0.2) is 35.6 Å². The van der Waals surface area contributed by atoms with Gasteiger partial charge in [-0.2, -0.15) is 0 Å². The van der Waals surface area contributed by atoms with Crippen LogP contribution in [0.3, 0.4) is 0 Å². The Hall–Kier alpha value is -2.04. The summed E-state index contributed by atoms with van der Waals surface area (Å²) < 4.78 is 11.0. The molecule has 2 N–H and O–H groups in total. The van der Waals surface area contributed by atoms with E-state index in [9.17, 15) is 10.2 Å². The highest BCUT2D eigenvalue weighted by molar-refractivity contribution is 5.51. The maximum Gasteiger partial charge on any atom is 0.119 e. The van der Waals surface area contributed by atoms with Gasteiger partial charge in [0.2, 0.25) is 0 Å². The number of hydrogen-bond donors (Lipinski definition) is 2. The van der Waals surface area contributed by atoms with Crippen LogP contribution in [0.15, 0.2) is 48.5 Å². The van der Waals surface area contributed by atoms with Crippen LogP contribution in [0.5, 0.6) is 11.5 Å². The molecule has 4 heteroatoms. The third-order valence-corrected chi connectivity index (χ3v) is 5.64. The Kier molecular flexibility index (Phi) is 4.18. The van der Waals surface area contributed by atoms with Crippen molar-refractivity contribution in [1.82, 2.24) is 0 Å². The molecule has 0 radical (unpaired) electrons. The molecule has 2 unspecified atom stereocenters. The van der Waals surface area contributed by atoms with Crippen LogP contribution in [0.2, 0.25) is 0 Å². The fraction of sp³-hybridized carbons (Fsp3) is 0.429. The Balaban J connectivity index is 1.84. The summed E-state index contributed by atoms with van der Waals surface area (Å²) in [6.45, 7) is 3.70. The highest BCUT2D eigenvalue weighted by Crippen LogP contribution is 2.50. The smallest absolute Gasteiger partial charge is 0.119 e. The highest BCUT2D eigenvalue weighted by Gasteiger charge is 2.46. The number of para-hydroxylation sites is 2. The molecule has 2 aromatic rings. The SMILES string of the molecule is CC(c1ccccc1O)(c1ccccc1O)C(CC1CO1)CC1CO1. The molecule has 2 atom stereocenters. The molecule has 0 bridgehead atoms. The van der Waals surface area contributed by atoms with Crippen molar-refractivity contribution in [3.8, 4) is 11.5 Å². The van der Waals surface area contributed by atoms with E-state index in [1.54, 1.807) is 12.1 Å². The fourth-order valence-corrected chi connectivity index (χ4v) is 4.02.